The molecule has 3 rings (SSSR count). The van der Waals surface area contributed by atoms with Gasteiger partial charge in [-0.1, -0.05) is 32.0 Å². The van der Waals surface area contributed by atoms with Crippen LogP contribution in [0.4, 0.5) is 5.69 Å². The van der Waals surface area contributed by atoms with Crippen LogP contribution in [0.5, 0.6) is 0 Å². The molecule has 0 aliphatic heterocycles. The normalized spacial score (nSPS) is 12.9. The second kappa shape index (κ2) is 7.35. The zero-order valence-corrected chi connectivity index (χ0v) is 15.6. The zero-order valence-electron chi connectivity index (χ0n) is 14.8. The Hall–Kier alpha value is -2.58. The van der Waals surface area contributed by atoms with Crippen LogP contribution >= 0.6 is 11.3 Å². The molecule has 0 spiro atoms. The summed E-state index contributed by atoms with van der Waals surface area (Å²) in [7, 11) is 0. The number of hydrogen-bond acceptors (Lipinski definition) is 7. The molecule has 7 nitrogen and oxygen atoms in total. The molecule has 0 saturated carbocycles. The van der Waals surface area contributed by atoms with Gasteiger partial charge in [-0.25, -0.2) is 0 Å². The highest BCUT2D eigenvalue weighted by atomic mass is 32.1. The molecule has 3 aromatic rings. The molecular formula is C18H20N4O3S. The van der Waals surface area contributed by atoms with Gasteiger partial charge in [-0.3, -0.25) is 10.1 Å². The first kappa shape index (κ1) is 18.2. The average Bonchev–Trinajstić information content (AvgIpc) is 3.26. The lowest BCUT2D eigenvalue weighted by atomic mass is 9.86. The predicted octanol–water partition coefficient (Wildman–Crippen LogP) is 4.58. The highest BCUT2D eigenvalue weighted by molar-refractivity contribution is 7.10. The summed E-state index contributed by atoms with van der Waals surface area (Å²) in [5, 5.41) is 20.3. The number of thiophene rings is 1. The van der Waals surface area contributed by atoms with Gasteiger partial charge in [0.15, 0.2) is 0 Å². The molecule has 2 heterocycles. The molecule has 1 N–H and O–H groups in total. The molecule has 0 radical (unpaired) electrons. The highest BCUT2D eigenvalue weighted by Crippen LogP contribution is 2.35. The number of non-ortho nitro benzene ring substituents is 1. The van der Waals surface area contributed by atoms with Crippen molar-refractivity contribution in [2.24, 2.45) is 5.41 Å². The van der Waals surface area contributed by atoms with E-state index in [0.717, 1.165) is 0 Å². The van der Waals surface area contributed by atoms with Crippen molar-refractivity contribution >= 4 is 17.0 Å². The Balaban J connectivity index is 1.71. The number of nitro groups is 1. The van der Waals surface area contributed by atoms with Crippen LogP contribution in [0.1, 0.15) is 37.6 Å². The third kappa shape index (κ3) is 4.14. The Morgan fingerprint density at radius 1 is 1.27 bits per heavy atom. The summed E-state index contributed by atoms with van der Waals surface area (Å²) in [5.41, 5.74) is 0.742. The molecule has 2 aromatic heterocycles. The molecule has 8 heteroatoms. The van der Waals surface area contributed by atoms with Crippen molar-refractivity contribution in [3.05, 3.63) is 62.7 Å². The Kier molecular flexibility index (Phi) is 5.15. The van der Waals surface area contributed by atoms with Gasteiger partial charge >= 0.3 is 0 Å². The third-order valence-corrected chi connectivity index (χ3v) is 4.89. The maximum atomic E-state index is 10.7. The number of nitro benzene ring substituents is 1. The predicted molar refractivity (Wildman–Crippen MR) is 99.7 cm³/mol. The Morgan fingerprint density at radius 2 is 2.00 bits per heavy atom. The quantitative estimate of drug-likeness (QED) is 0.503. The topological polar surface area (TPSA) is 94.1 Å². The van der Waals surface area contributed by atoms with Crippen molar-refractivity contribution in [3.63, 3.8) is 0 Å². The van der Waals surface area contributed by atoms with E-state index in [4.69, 9.17) is 4.52 Å². The van der Waals surface area contributed by atoms with Gasteiger partial charge in [0.2, 0.25) is 11.7 Å². The van der Waals surface area contributed by atoms with Crippen LogP contribution in [0.2, 0.25) is 0 Å². The van der Waals surface area contributed by atoms with Gasteiger partial charge in [-0.05, 0) is 29.0 Å². The lowest BCUT2D eigenvalue weighted by Crippen LogP contribution is -2.31. The number of aromatic nitrogens is 2. The van der Waals surface area contributed by atoms with E-state index in [1.54, 1.807) is 23.5 Å². The standard InChI is InChI=1S/C18H20N4O3S/c1-18(2,3)16(14-5-4-10-26-14)19-11-15-20-17(21-25-15)12-6-8-13(9-7-12)22(23)24/h4-10,16,19H,11H2,1-3H3. The fraction of sp³-hybridized carbons (Fsp3) is 0.333. The van der Waals surface area contributed by atoms with E-state index in [2.05, 4.69) is 47.7 Å². The van der Waals surface area contributed by atoms with Gasteiger partial charge in [0, 0.05) is 28.6 Å². The zero-order chi connectivity index (χ0) is 18.7. The molecule has 0 amide bonds. The molecule has 1 atom stereocenters. The fourth-order valence-electron chi connectivity index (χ4n) is 2.65. The average molecular weight is 372 g/mol. The number of nitrogens with one attached hydrogen (secondary N) is 1. The van der Waals surface area contributed by atoms with E-state index >= 15 is 0 Å². The summed E-state index contributed by atoms with van der Waals surface area (Å²) in [4.78, 5) is 15.9. The number of benzene rings is 1. The Labute approximate surface area is 155 Å². The van der Waals surface area contributed by atoms with Gasteiger partial charge < -0.3 is 9.84 Å². The van der Waals surface area contributed by atoms with Crippen molar-refractivity contribution in [1.82, 2.24) is 15.5 Å². The molecule has 1 unspecified atom stereocenters. The summed E-state index contributed by atoms with van der Waals surface area (Å²) in [6.45, 7) is 6.99. The van der Waals surface area contributed by atoms with Gasteiger partial charge in [-0.2, -0.15) is 4.98 Å². The lowest BCUT2D eigenvalue weighted by Gasteiger charge is -2.30. The van der Waals surface area contributed by atoms with Gasteiger partial charge in [0.1, 0.15) is 0 Å². The summed E-state index contributed by atoms with van der Waals surface area (Å²) in [5.74, 6) is 0.893. The molecule has 0 aliphatic rings. The number of hydrogen-bond donors (Lipinski definition) is 1. The van der Waals surface area contributed by atoms with E-state index in [-0.39, 0.29) is 17.1 Å². The van der Waals surface area contributed by atoms with Crippen LogP contribution in [0.3, 0.4) is 0 Å². The summed E-state index contributed by atoms with van der Waals surface area (Å²) >= 11 is 1.71. The first-order valence-electron chi connectivity index (χ1n) is 8.19. The second-order valence-electron chi connectivity index (χ2n) is 7.01. The minimum Gasteiger partial charge on any atom is -0.338 e. The lowest BCUT2D eigenvalue weighted by molar-refractivity contribution is -0.384. The van der Waals surface area contributed by atoms with Crippen molar-refractivity contribution in [2.75, 3.05) is 0 Å². The Bertz CT molecular complexity index is 867. The van der Waals surface area contributed by atoms with Crippen molar-refractivity contribution in [2.45, 2.75) is 33.4 Å². The van der Waals surface area contributed by atoms with Crippen LogP contribution in [-0.2, 0) is 6.54 Å². The molecule has 0 aliphatic carbocycles. The smallest absolute Gasteiger partial charge is 0.269 e. The Morgan fingerprint density at radius 3 is 2.58 bits per heavy atom. The van der Waals surface area contributed by atoms with Crippen molar-refractivity contribution < 1.29 is 9.45 Å². The van der Waals surface area contributed by atoms with Gasteiger partial charge in [-0.15, -0.1) is 11.3 Å². The molecule has 0 fully saturated rings. The third-order valence-electron chi connectivity index (χ3n) is 3.96. The van der Waals surface area contributed by atoms with Crippen LogP contribution in [0, 0.1) is 15.5 Å². The number of rotatable bonds is 6. The maximum absolute atomic E-state index is 10.7. The van der Waals surface area contributed by atoms with E-state index < -0.39 is 4.92 Å². The summed E-state index contributed by atoms with van der Waals surface area (Å²) < 4.78 is 5.32. The minimum atomic E-state index is -0.438. The van der Waals surface area contributed by atoms with Crippen LogP contribution in [-0.4, -0.2) is 15.1 Å². The van der Waals surface area contributed by atoms with E-state index in [1.807, 2.05) is 6.07 Å². The first-order chi connectivity index (χ1) is 12.3. The monoisotopic (exact) mass is 372 g/mol. The van der Waals surface area contributed by atoms with Crippen molar-refractivity contribution in [3.8, 4) is 11.4 Å². The minimum absolute atomic E-state index is 0.0306. The van der Waals surface area contributed by atoms with Crippen LogP contribution in [0.15, 0.2) is 46.3 Å². The molecule has 1 aromatic carbocycles. The molecule has 136 valence electrons. The van der Waals surface area contributed by atoms with Gasteiger partial charge in [0.05, 0.1) is 11.5 Å². The van der Waals surface area contributed by atoms with Gasteiger partial charge in [0.25, 0.3) is 5.69 Å². The first-order valence-corrected chi connectivity index (χ1v) is 9.07. The SMILES string of the molecule is CC(C)(C)C(NCc1nc(-c2ccc([N+](=O)[O-])cc2)no1)c1cccs1. The second-order valence-corrected chi connectivity index (χ2v) is 7.99. The van der Waals surface area contributed by atoms with E-state index in [0.29, 0.717) is 23.8 Å². The van der Waals surface area contributed by atoms with Crippen molar-refractivity contribution in [1.29, 1.82) is 0 Å². The van der Waals surface area contributed by atoms with Crippen LogP contribution < -0.4 is 5.32 Å². The fourth-order valence-corrected chi connectivity index (χ4v) is 3.70. The summed E-state index contributed by atoms with van der Waals surface area (Å²) in [6, 6.07) is 10.4. The molecule has 26 heavy (non-hydrogen) atoms. The molecule has 0 saturated heterocycles. The number of nitrogens with zero attached hydrogens (tertiary/aromatic N) is 3. The van der Waals surface area contributed by atoms with Crippen LogP contribution in [0.25, 0.3) is 11.4 Å². The highest BCUT2D eigenvalue weighted by Gasteiger charge is 2.27. The maximum Gasteiger partial charge on any atom is 0.269 e. The molecule has 0 bridgehead atoms. The largest absolute Gasteiger partial charge is 0.338 e. The molecular weight excluding hydrogens is 352 g/mol. The van der Waals surface area contributed by atoms with E-state index in [1.165, 1.54) is 17.0 Å². The summed E-state index contributed by atoms with van der Waals surface area (Å²) in [6.07, 6.45) is 0. The van der Waals surface area contributed by atoms with E-state index in [9.17, 15) is 10.1 Å².